The molecule has 0 atom stereocenters. The van der Waals surface area contributed by atoms with Crippen LogP contribution in [0.3, 0.4) is 0 Å². The Labute approximate surface area is 66.9 Å². The lowest BCUT2D eigenvalue weighted by molar-refractivity contribution is 0.397. The SMILES string of the molecule is COc1nncc2s[c]nc12. The van der Waals surface area contributed by atoms with E-state index < -0.39 is 0 Å². The van der Waals surface area contributed by atoms with Gasteiger partial charge in [-0.05, 0) is 0 Å². The van der Waals surface area contributed by atoms with Crippen LogP contribution in [0.4, 0.5) is 0 Å². The number of methoxy groups -OCH3 is 1. The van der Waals surface area contributed by atoms with E-state index in [4.69, 9.17) is 4.74 Å². The maximum atomic E-state index is 4.94. The average molecular weight is 166 g/mol. The van der Waals surface area contributed by atoms with Crippen LogP contribution >= 0.6 is 11.3 Å². The van der Waals surface area contributed by atoms with Crippen molar-refractivity contribution >= 4 is 21.6 Å². The number of aromatic nitrogens is 3. The van der Waals surface area contributed by atoms with E-state index in [0.29, 0.717) is 5.88 Å². The Bertz CT molecular complexity index is 373. The highest BCUT2D eigenvalue weighted by Crippen LogP contribution is 2.22. The number of nitrogens with zero attached hydrogens (tertiary/aromatic N) is 3. The highest BCUT2D eigenvalue weighted by Gasteiger charge is 2.04. The van der Waals surface area contributed by atoms with Crippen molar-refractivity contribution in [2.45, 2.75) is 0 Å². The van der Waals surface area contributed by atoms with Gasteiger partial charge in [0.2, 0.25) is 0 Å². The van der Waals surface area contributed by atoms with Gasteiger partial charge in [-0.25, -0.2) is 4.98 Å². The van der Waals surface area contributed by atoms with Gasteiger partial charge in [-0.15, -0.1) is 16.4 Å². The minimum atomic E-state index is 0.458. The van der Waals surface area contributed by atoms with Gasteiger partial charge in [-0.1, -0.05) is 0 Å². The van der Waals surface area contributed by atoms with Gasteiger partial charge in [0.05, 0.1) is 18.0 Å². The van der Waals surface area contributed by atoms with Gasteiger partial charge in [0.1, 0.15) is 5.52 Å². The molecule has 0 saturated heterocycles. The van der Waals surface area contributed by atoms with Crippen molar-refractivity contribution in [1.82, 2.24) is 15.2 Å². The molecule has 0 bridgehead atoms. The fraction of sp³-hybridized carbons (Fsp3) is 0.167. The van der Waals surface area contributed by atoms with Gasteiger partial charge in [-0.2, -0.15) is 5.10 Å². The second kappa shape index (κ2) is 2.43. The Hall–Kier alpha value is -1.23. The van der Waals surface area contributed by atoms with E-state index in [1.54, 1.807) is 13.3 Å². The average Bonchev–Trinajstić information content (AvgIpc) is 2.50. The van der Waals surface area contributed by atoms with E-state index in [1.165, 1.54) is 11.3 Å². The molecule has 2 heterocycles. The van der Waals surface area contributed by atoms with E-state index in [-0.39, 0.29) is 0 Å². The lowest BCUT2D eigenvalue weighted by atomic mass is 10.5. The Kier molecular flexibility index (Phi) is 1.43. The van der Waals surface area contributed by atoms with E-state index in [2.05, 4.69) is 20.7 Å². The predicted molar refractivity (Wildman–Crippen MR) is 40.6 cm³/mol. The van der Waals surface area contributed by atoms with Crippen LogP contribution in [0.25, 0.3) is 10.2 Å². The summed E-state index contributed by atoms with van der Waals surface area (Å²) in [6, 6.07) is 0. The molecule has 11 heavy (non-hydrogen) atoms. The molecule has 0 aliphatic rings. The van der Waals surface area contributed by atoms with Gasteiger partial charge in [-0.3, -0.25) is 0 Å². The molecular formula is C6H4N3OS. The van der Waals surface area contributed by atoms with Crippen LogP contribution in [-0.4, -0.2) is 22.3 Å². The molecule has 55 valence electrons. The van der Waals surface area contributed by atoms with Crippen LogP contribution in [-0.2, 0) is 0 Å². The molecule has 0 saturated carbocycles. The molecule has 0 fully saturated rings. The Morgan fingerprint density at radius 2 is 2.55 bits per heavy atom. The normalized spacial score (nSPS) is 10.3. The third-order valence-corrected chi connectivity index (χ3v) is 1.97. The molecule has 4 nitrogen and oxygen atoms in total. The van der Waals surface area contributed by atoms with Crippen LogP contribution in [0.15, 0.2) is 6.20 Å². The number of thiazole rings is 1. The summed E-state index contributed by atoms with van der Waals surface area (Å²) in [4.78, 5) is 3.96. The van der Waals surface area contributed by atoms with Gasteiger partial charge >= 0.3 is 0 Å². The van der Waals surface area contributed by atoms with Crippen molar-refractivity contribution in [2.75, 3.05) is 7.11 Å². The zero-order valence-electron chi connectivity index (χ0n) is 5.74. The minimum Gasteiger partial charge on any atom is -0.478 e. The van der Waals surface area contributed by atoms with Crippen molar-refractivity contribution in [2.24, 2.45) is 0 Å². The van der Waals surface area contributed by atoms with Crippen LogP contribution in [0.2, 0.25) is 0 Å². The summed E-state index contributed by atoms with van der Waals surface area (Å²) in [7, 11) is 1.54. The molecule has 0 aromatic carbocycles. The summed E-state index contributed by atoms with van der Waals surface area (Å²) in [6.07, 6.45) is 1.64. The summed E-state index contributed by atoms with van der Waals surface area (Å²) < 4.78 is 5.88. The number of hydrogen-bond acceptors (Lipinski definition) is 5. The third-order valence-electron chi connectivity index (χ3n) is 1.27. The van der Waals surface area contributed by atoms with Crippen LogP contribution < -0.4 is 4.74 Å². The molecule has 2 aromatic rings. The first kappa shape index (κ1) is 6.48. The lowest BCUT2D eigenvalue weighted by Crippen LogP contribution is -1.90. The van der Waals surface area contributed by atoms with E-state index in [1.807, 2.05) is 0 Å². The summed E-state index contributed by atoms with van der Waals surface area (Å²) in [5.74, 6) is 0.458. The Morgan fingerprint density at radius 1 is 1.64 bits per heavy atom. The molecule has 0 aliphatic carbocycles. The first-order valence-electron chi connectivity index (χ1n) is 2.94. The van der Waals surface area contributed by atoms with E-state index >= 15 is 0 Å². The van der Waals surface area contributed by atoms with Crippen LogP contribution in [0.1, 0.15) is 0 Å². The first-order valence-corrected chi connectivity index (χ1v) is 3.75. The summed E-state index contributed by atoms with van der Waals surface area (Å²) in [6.45, 7) is 0. The second-order valence-electron chi connectivity index (χ2n) is 1.87. The van der Waals surface area contributed by atoms with E-state index in [0.717, 1.165) is 10.2 Å². The molecule has 0 unspecified atom stereocenters. The number of rotatable bonds is 1. The smallest absolute Gasteiger partial charge is 0.260 e. The molecule has 0 amide bonds. The fourth-order valence-corrected chi connectivity index (χ4v) is 1.35. The maximum Gasteiger partial charge on any atom is 0.260 e. The zero-order chi connectivity index (χ0) is 7.68. The highest BCUT2D eigenvalue weighted by atomic mass is 32.1. The molecule has 0 aliphatic heterocycles. The molecular weight excluding hydrogens is 162 g/mol. The monoisotopic (exact) mass is 166 g/mol. The molecule has 2 aromatic heterocycles. The van der Waals surface area contributed by atoms with Crippen molar-refractivity contribution in [3.63, 3.8) is 0 Å². The van der Waals surface area contributed by atoms with Gasteiger partial charge in [0, 0.05) is 0 Å². The van der Waals surface area contributed by atoms with Crippen LogP contribution in [0, 0.1) is 5.51 Å². The molecule has 5 heteroatoms. The van der Waals surface area contributed by atoms with Crippen molar-refractivity contribution in [1.29, 1.82) is 0 Å². The highest BCUT2D eigenvalue weighted by molar-refractivity contribution is 7.16. The molecule has 1 radical (unpaired) electrons. The third kappa shape index (κ3) is 0.932. The molecule has 0 spiro atoms. The fourth-order valence-electron chi connectivity index (χ4n) is 0.780. The molecule has 2 rings (SSSR count). The Morgan fingerprint density at radius 3 is 3.36 bits per heavy atom. The lowest BCUT2D eigenvalue weighted by Gasteiger charge is -1.94. The van der Waals surface area contributed by atoms with Crippen molar-refractivity contribution in [3.05, 3.63) is 11.7 Å². The van der Waals surface area contributed by atoms with Gasteiger partial charge in [0.15, 0.2) is 5.51 Å². The number of hydrogen-bond donors (Lipinski definition) is 0. The summed E-state index contributed by atoms with van der Waals surface area (Å²) >= 11 is 1.40. The second-order valence-corrected chi connectivity index (χ2v) is 2.70. The zero-order valence-corrected chi connectivity index (χ0v) is 6.55. The van der Waals surface area contributed by atoms with E-state index in [9.17, 15) is 0 Å². The molecule has 0 N–H and O–H groups in total. The van der Waals surface area contributed by atoms with Crippen LogP contribution in [0.5, 0.6) is 5.88 Å². The maximum absolute atomic E-state index is 4.94. The topological polar surface area (TPSA) is 47.9 Å². The largest absolute Gasteiger partial charge is 0.478 e. The summed E-state index contributed by atoms with van der Waals surface area (Å²) in [5, 5.41) is 7.48. The first-order chi connectivity index (χ1) is 5.42. The number of fused-ring (bicyclic) bond motifs is 1. The van der Waals surface area contributed by atoms with Crippen molar-refractivity contribution in [3.8, 4) is 5.88 Å². The van der Waals surface area contributed by atoms with Gasteiger partial charge in [0.25, 0.3) is 5.88 Å². The Balaban J connectivity index is 2.79. The quantitative estimate of drug-likeness (QED) is 0.631. The standard InChI is InChI=1S/C6H4N3OS/c1-10-6-5-4(2-8-9-6)11-3-7-5/h2H,1H3. The van der Waals surface area contributed by atoms with Gasteiger partial charge < -0.3 is 4.74 Å². The minimum absolute atomic E-state index is 0.458. The summed E-state index contributed by atoms with van der Waals surface area (Å²) in [5.41, 5.74) is 3.47. The predicted octanol–water partition coefficient (Wildman–Crippen LogP) is 0.895. The number of ether oxygens (including phenoxy) is 1. The van der Waals surface area contributed by atoms with Crippen molar-refractivity contribution < 1.29 is 4.74 Å².